The highest BCUT2D eigenvalue weighted by Crippen LogP contribution is 2.20. The third kappa shape index (κ3) is 4.43. The third-order valence-electron chi connectivity index (χ3n) is 2.87. The molecule has 1 unspecified atom stereocenters. The molecule has 114 valence electrons. The molecule has 1 aromatic rings. The van der Waals surface area contributed by atoms with Crippen LogP contribution in [0.1, 0.15) is 20.8 Å². The Bertz CT molecular complexity index is 547. The molecular weight excluding hydrogens is 283 g/mol. The van der Waals surface area contributed by atoms with Crippen LogP contribution in [0, 0.1) is 11.7 Å². The Balaban J connectivity index is 2.97. The van der Waals surface area contributed by atoms with Gasteiger partial charge in [0.15, 0.2) is 0 Å². The lowest BCUT2D eigenvalue weighted by molar-refractivity contribution is 0.116. The van der Waals surface area contributed by atoms with Gasteiger partial charge in [0.1, 0.15) is 10.7 Å². The minimum atomic E-state index is -3.80. The first kappa shape index (κ1) is 16.9. The van der Waals surface area contributed by atoms with E-state index in [-0.39, 0.29) is 29.1 Å². The van der Waals surface area contributed by atoms with Gasteiger partial charge in [-0.2, -0.15) is 0 Å². The predicted molar refractivity (Wildman–Crippen MR) is 76.3 cm³/mol. The van der Waals surface area contributed by atoms with Crippen molar-refractivity contribution in [1.82, 2.24) is 4.72 Å². The molecule has 1 rings (SSSR count). The fraction of sp³-hybridized carbons (Fsp3) is 0.538. The van der Waals surface area contributed by atoms with Gasteiger partial charge in [0, 0.05) is 12.6 Å². The molecule has 0 aliphatic carbocycles. The lowest BCUT2D eigenvalue weighted by Crippen LogP contribution is -2.42. The van der Waals surface area contributed by atoms with Crippen LogP contribution in [0.4, 0.5) is 10.1 Å². The van der Waals surface area contributed by atoms with Crippen molar-refractivity contribution >= 4 is 15.7 Å². The number of sulfonamides is 1. The standard InChI is InChI=1S/C13H21FN2O3S/c1-4-19-8-12(9(2)3)16-20(17,18)13-6-5-10(14)7-11(13)15/h5-7,9,12,16H,4,8,15H2,1-3H3. The highest BCUT2D eigenvalue weighted by Gasteiger charge is 2.24. The number of hydrogen-bond acceptors (Lipinski definition) is 4. The molecular formula is C13H21FN2O3S. The van der Waals surface area contributed by atoms with Crippen molar-refractivity contribution in [3.8, 4) is 0 Å². The number of nitrogens with one attached hydrogen (secondary N) is 1. The second-order valence-corrected chi connectivity index (χ2v) is 6.50. The van der Waals surface area contributed by atoms with Gasteiger partial charge in [0.2, 0.25) is 10.0 Å². The summed E-state index contributed by atoms with van der Waals surface area (Å²) >= 11 is 0. The summed E-state index contributed by atoms with van der Waals surface area (Å²) in [6.07, 6.45) is 0. The second-order valence-electron chi connectivity index (χ2n) is 4.81. The maximum Gasteiger partial charge on any atom is 0.242 e. The van der Waals surface area contributed by atoms with Crippen molar-refractivity contribution in [2.24, 2.45) is 5.92 Å². The average molecular weight is 304 g/mol. The van der Waals surface area contributed by atoms with Gasteiger partial charge in [0.25, 0.3) is 0 Å². The van der Waals surface area contributed by atoms with Crippen LogP contribution >= 0.6 is 0 Å². The van der Waals surface area contributed by atoms with E-state index >= 15 is 0 Å². The molecule has 0 saturated heterocycles. The molecule has 1 aromatic carbocycles. The van der Waals surface area contributed by atoms with Crippen LogP contribution in [-0.2, 0) is 14.8 Å². The van der Waals surface area contributed by atoms with E-state index in [1.807, 2.05) is 20.8 Å². The van der Waals surface area contributed by atoms with Gasteiger partial charge in [0.05, 0.1) is 12.3 Å². The predicted octanol–water partition coefficient (Wildman–Crippen LogP) is 1.75. The van der Waals surface area contributed by atoms with Crippen LogP contribution in [0.5, 0.6) is 0 Å². The van der Waals surface area contributed by atoms with Gasteiger partial charge in [-0.05, 0) is 31.0 Å². The number of nitrogen functional groups attached to an aromatic ring is 1. The number of halogens is 1. The van der Waals surface area contributed by atoms with Crippen LogP contribution in [0.15, 0.2) is 23.1 Å². The highest BCUT2D eigenvalue weighted by molar-refractivity contribution is 7.89. The molecule has 1 atom stereocenters. The molecule has 0 radical (unpaired) electrons. The summed E-state index contributed by atoms with van der Waals surface area (Å²) in [4.78, 5) is -0.124. The van der Waals surface area contributed by atoms with E-state index in [1.54, 1.807) is 0 Å². The van der Waals surface area contributed by atoms with Gasteiger partial charge in [-0.3, -0.25) is 0 Å². The van der Waals surface area contributed by atoms with E-state index in [9.17, 15) is 12.8 Å². The zero-order valence-electron chi connectivity index (χ0n) is 11.9. The Morgan fingerprint density at radius 2 is 2.05 bits per heavy atom. The van der Waals surface area contributed by atoms with E-state index in [1.165, 1.54) is 0 Å². The minimum absolute atomic E-state index is 0.0537. The van der Waals surface area contributed by atoms with Crippen molar-refractivity contribution in [3.05, 3.63) is 24.0 Å². The number of hydrogen-bond donors (Lipinski definition) is 2. The number of anilines is 1. The summed E-state index contributed by atoms with van der Waals surface area (Å²) in [6.45, 7) is 6.39. The van der Waals surface area contributed by atoms with Crippen molar-refractivity contribution in [2.45, 2.75) is 31.7 Å². The van der Waals surface area contributed by atoms with Crippen LogP contribution in [-0.4, -0.2) is 27.7 Å². The van der Waals surface area contributed by atoms with Crippen molar-refractivity contribution < 1.29 is 17.5 Å². The zero-order valence-corrected chi connectivity index (χ0v) is 12.7. The fourth-order valence-corrected chi connectivity index (χ4v) is 3.12. The normalized spacial score (nSPS) is 13.7. The topological polar surface area (TPSA) is 81.4 Å². The first-order valence-corrected chi connectivity index (χ1v) is 7.91. The summed E-state index contributed by atoms with van der Waals surface area (Å²) in [5, 5.41) is 0. The highest BCUT2D eigenvalue weighted by atomic mass is 32.2. The van der Waals surface area contributed by atoms with Crippen LogP contribution in [0.2, 0.25) is 0 Å². The van der Waals surface area contributed by atoms with E-state index in [2.05, 4.69) is 4.72 Å². The number of nitrogens with two attached hydrogens (primary N) is 1. The fourth-order valence-electron chi connectivity index (χ4n) is 1.63. The average Bonchev–Trinajstić information content (AvgIpc) is 2.33. The third-order valence-corrected chi connectivity index (χ3v) is 4.44. The molecule has 5 nitrogen and oxygen atoms in total. The van der Waals surface area contributed by atoms with Gasteiger partial charge < -0.3 is 10.5 Å². The van der Waals surface area contributed by atoms with Crippen molar-refractivity contribution in [2.75, 3.05) is 18.9 Å². The minimum Gasteiger partial charge on any atom is -0.398 e. The van der Waals surface area contributed by atoms with Gasteiger partial charge in [-0.15, -0.1) is 0 Å². The van der Waals surface area contributed by atoms with E-state index in [0.717, 1.165) is 18.2 Å². The molecule has 0 amide bonds. The van der Waals surface area contributed by atoms with E-state index in [4.69, 9.17) is 10.5 Å². The first-order valence-electron chi connectivity index (χ1n) is 6.43. The Morgan fingerprint density at radius 3 is 2.55 bits per heavy atom. The Kier molecular flexibility index (Phi) is 5.91. The smallest absolute Gasteiger partial charge is 0.242 e. The summed E-state index contributed by atoms with van der Waals surface area (Å²) in [7, 11) is -3.80. The zero-order chi connectivity index (χ0) is 15.3. The van der Waals surface area contributed by atoms with E-state index in [0.29, 0.717) is 6.61 Å². The molecule has 0 bridgehead atoms. The summed E-state index contributed by atoms with van der Waals surface area (Å²) in [5.74, 6) is -0.519. The molecule has 0 heterocycles. The first-order chi connectivity index (χ1) is 9.27. The molecule has 0 spiro atoms. The molecule has 3 N–H and O–H groups in total. The van der Waals surface area contributed by atoms with Crippen molar-refractivity contribution in [1.29, 1.82) is 0 Å². The lowest BCUT2D eigenvalue weighted by Gasteiger charge is -2.22. The Labute approximate surface area is 119 Å². The van der Waals surface area contributed by atoms with Crippen LogP contribution in [0.25, 0.3) is 0 Å². The van der Waals surface area contributed by atoms with E-state index < -0.39 is 15.8 Å². The van der Waals surface area contributed by atoms with Gasteiger partial charge >= 0.3 is 0 Å². The van der Waals surface area contributed by atoms with Gasteiger partial charge in [-0.25, -0.2) is 17.5 Å². The SMILES string of the molecule is CCOCC(NS(=O)(=O)c1ccc(F)cc1N)C(C)C. The largest absolute Gasteiger partial charge is 0.398 e. The van der Waals surface area contributed by atoms with Crippen molar-refractivity contribution in [3.63, 3.8) is 0 Å². The number of benzene rings is 1. The second kappa shape index (κ2) is 7.01. The molecule has 0 fully saturated rings. The van der Waals surface area contributed by atoms with Crippen LogP contribution < -0.4 is 10.5 Å². The van der Waals surface area contributed by atoms with Crippen LogP contribution in [0.3, 0.4) is 0 Å². The Morgan fingerprint density at radius 1 is 1.40 bits per heavy atom. The molecule has 0 saturated carbocycles. The summed E-state index contributed by atoms with van der Waals surface area (Å²) < 4.78 is 45.3. The number of rotatable bonds is 7. The summed E-state index contributed by atoms with van der Waals surface area (Å²) in [5.41, 5.74) is 5.45. The molecule has 7 heteroatoms. The Hall–Kier alpha value is -1.18. The maximum absolute atomic E-state index is 13.0. The molecule has 0 aromatic heterocycles. The summed E-state index contributed by atoms with van der Waals surface area (Å²) in [6, 6.07) is 2.84. The monoisotopic (exact) mass is 304 g/mol. The number of ether oxygens (including phenoxy) is 1. The van der Waals surface area contributed by atoms with Gasteiger partial charge in [-0.1, -0.05) is 13.8 Å². The maximum atomic E-state index is 13.0. The molecule has 20 heavy (non-hydrogen) atoms. The molecule has 0 aliphatic heterocycles. The quantitative estimate of drug-likeness (QED) is 0.752. The molecule has 0 aliphatic rings. The lowest BCUT2D eigenvalue weighted by atomic mass is 10.1.